The van der Waals surface area contributed by atoms with Crippen LogP contribution in [-0.2, 0) is 25.5 Å². The van der Waals surface area contributed by atoms with E-state index in [1.807, 2.05) is 0 Å². The predicted octanol–water partition coefficient (Wildman–Crippen LogP) is 1.96. The number of hydrogen-bond donors (Lipinski definition) is 3. The summed E-state index contributed by atoms with van der Waals surface area (Å²) in [6, 6.07) is 2.83. The summed E-state index contributed by atoms with van der Waals surface area (Å²) in [7, 11) is 2.74. The summed E-state index contributed by atoms with van der Waals surface area (Å²) in [6.45, 7) is 6.89. The van der Waals surface area contributed by atoms with Gasteiger partial charge in [0.15, 0.2) is 11.5 Å². The largest absolute Gasteiger partial charge is 0.493 e. The lowest BCUT2D eigenvalue weighted by molar-refractivity contribution is -0.145. The number of amides is 2. The fourth-order valence-electron chi connectivity index (χ4n) is 2.77. The van der Waals surface area contributed by atoms with E-state index in [1.165, 1.54) is 14.2 Å². The highest BCUT2D eigenvalue weighted by Gasteiger charge is 2.29. The van der Waals surface area contributed by atoms with Crippen molar-refractivity contribution in [2.75, 3.05) is 27.4 Å². The lowest BCUT2D eigenvalue weighted by Gasteiger charge is -2.24. The molecule has 1 aromatic rings. The summed E-state index contributed by atoms with van der Waals surface area (Å²) < 4.78 is 21.0. The first-order valence-corrected chi connectivity index (χ1v) is 10.8. The summed E-state index contributed by atoms with van der Waals surface area (Å²) in [5.41, 5.74) is -0.0842. The number of unbranched alkanes of at least 4 members (excludes halogenated alkanes) is 1. The van der Waals surface area contributed by atoms with Gasteiger partial charge in [-0.15, -0.1) is 0 Å². The average molecular weight is 469 g/mol. The molecule has 10 nitrogen and oxygen atoms in total. The van der Waals surface area contributed by atoms with Gasteiger partial charge in [-0.2, -0.15) is 0 Å². The Hall–Kier alpha value is -3.01. The SMILES string of the molecule is CCCCOc1cc(C[C@H](NC(=O)[C@H](CO)NC(=O)OC(C)(C)C)C(=O)OC)ccc1OC. The molecule has 0 aromatic heterocycles. The molecule has 0 saturated heterocycles. The van der Waals surface area contributed by atoms with E-state index >= 15 is 0 Å². The molecule has 186 valence electrons. The molecule has 1 rings (SSSR count). The highest BCUT2D eigenvalue weighted by molar-refractivity contribution is 5.89. The number of ether oxygens (including phenoxy) is 4. The van der Waals surface area contributed by atoms with Crippen molar-refractivity contribution in [3.05, 3.63) is 23.8 Å². The van der Waals surface area contributed by atoms with Crippen molar-refractivity contribution in [3.63, 3.8) is 0 Å². The average Bonchev–Trinajstić information content (AvgIpc) is 2.75. The van der Waals surface area contributed by atoms with Gasteiger partial charge in [-0.3, -0.25) is 4.79 Å². The number of alkyl carbamates (subject to hydrolysis) is 1. The van der Waals surface area contributed by atoms with E-state index < -0.39 is 42.3 Å². The van der Waals surface area contributed by atoms with Gasteiger partial charge in [0, 0.05) is 6.42 Å². The number of carbonyl (C=O) groups excluding carboxylic acids is 3. The number of rotatable bonds is 12. The molecule has 33 heavy (non-hydrogen) atoms. The maximum atomic E-state index is 12.6. The molecular formula is C23H36N2O8. The molecule has 1 aromatic carbocycles. The lowest BCUT2D eigenvalue weighted by atomic mass is 10.0. The first kappa shape index (κ1) is 28.0. The minimum absolute atomic E-state index is 0.0944. The lowest BCUT2D eigenvalue weighted by Crippen LogP contribution is -2.54. The third kappa shape index (κ3) is 9.98. The molecule has 0 unspecified atom stereocenters. The van der Waals surface area contributed by atoms with Crippen LogP contribution in [0, 0.1) is 0 Å². The van der Waals surface area contributed by atoms with E-state index in [4.69, 9.17) is 18.9 Å². The van der Waals surface area contributed by atoms with Crippen LogP contribution in [0.4, 0.5) is 4.79 Å². The summed E-state index contributed by atoms with van der Waals surface area (Å²) >= 11 is 0. The quantitative estimate of drug-likeness (QED) is 0.313. The molecule has 10 heteroatoms. The fraction of sp³-hybridized carbons (Fsp3) is 0.609. The molecule has 0 fully saturated rings. The van der Waals surface area contributed by atoms with E-state index in [9.17, 15) is 19.5 Å². The first-order valence-electron chi connectivity index (χ1n) is 10.8. The number of carbonyl (C=O) groups is 3. The van der Waals surface area contributed by atoms with E-state index in [0.29, 0.717) is 23.7 Å². The van der Waals surface area contributed by atoms with Crippen molar-refractivity contribution >= 4 is 18.0 Å². The van der Waals surface area contributed by atoms with Crippen LogP contribution in [0.2, 0.25) is 0 Å². The summed E-state index contributed by atoms with van der Waals surface area (Å²) in [5, 5.41) is 14.4. The molecule has 2 amide bonds. The Labute approximate surface area is 194 Å². The Bertz CT molecular complexity index is 791. The zero-order valence-corrected chi connectivity index (χ0v) is 20.2. The van der Waals surface area contributed by atoms with Gasteiger partial charge < -0.3 is 34.7 Å². The Kier molecular flexibility index (Phi) is 11.5. The molecule has 0 spiro atoms. The topological polar surface area (TPSA) is 132 Å². The number of nitrogens with one attached hydrogen (secondary N) is 2. The van der Waals surface area contributed by atoms with Gasteiger partial charge in [0.25, 0.3) is 0 Å². The van der Waals surface area contributed by atoms with Gasteiger partial charge in [0.1, 0.15) is 17.7 Å². The fourth-order valence-corrected chi connectivity index (χ4v) is 2.77. The molecule has 0 radical (unpaired) electrons. The Morgan fingerprint density at radius 1 is 1.06 bits per heavy atom. The number of hydrogen-bond acceptors (Lipinski definition) is 8. The summed E-state index contributed by atoms with van der Waals surface area (Å²) in [6.07, 6.45) is 1.08. The second-order valence-electron chi connectivity index (χ2n) is 8.36. The second-order valence-corrected chi connectivity index (χ2v) is 8.36. The molecule has 0 aliphatic heterocycles. The zero-order chi connectivity index (χ0) is 25.0. The Balaban J connectivity index is 2.95. The van der Waals surface area contributed by atoms with Crippen LogP contribution in [-0.4, -0.2) is 68.2 Å². The van der Waals surface area contributed by atoms with Crippen LogP contribution in [0.3, 0.4) is 0 Å². The van der Waals surface area contributed by atoms with E-state index in [2.05, 4.69) is 17.6 Å². The Morgan fingerprint density at radius 2 is 1.76 bits per heavy atom. The summed E-state index contributed by atoms with van der Waals surface area (Å²) in [4.78, 5) is 36.9. The van der Waals surface area contributed by atoms with Crippen molar-refractivity contribution in [3.8, 4) is 11.5 Å². The van der Waals surface area contributed by atoms with Crippen LogP contribution >= 0.6 is 0 Å². The summed E-state index contributed by atoms with van der Waals surface area (Å²) in [5.74, 6) is -0.359. The molecule has 0 saturated carbocycles. The van der Waals surface area contributed by atoms with Gasteiger partial charge in [0.05, 0.1) is 27.4 Å². The van der Waals surface area contributed by atoms with Gasteiger partial charge in [-0.25, -0.2) is 9.59 Å². The highest BCUT2D eigenvalue weighted by Crippen LogP contribution is 2.29. The molecular weight excluding hydrogens is 432 g/mol. The van der Waals surface area contributed by atoms with Gasteiger partial charge in [-0.1, -0.05) is 19.4 Å². The van der Waals surface area contributed by atoms with Gasteiger partial charge >= 0.3 is 12.1 Å². The molecule has 3 N–H and O–H groups in total. The molecule has 0 heterocycles. The van der Waals surface area contributed by atoms with Crippen molar-refractivity contribution in [1.82, 2.24) is 10.6 Å². The predicted molar refractivity (Wildman–Crippen MR) is 121 cm³/mol. The smallest absolute Gasteiger partial charge is 0.408 e. The second kappa shape index (κ2) is 13.5. The molecule has 2 atom stereocenters. The highest BCUT2D eigenvalue weighted by atomic mass is 16.6. The minimum Gasteiger partial charge on any atom is -0.493 e. The molecule has 0 aliphatic carbocycles. The van der Waals surface area contributed by atoms with Gasteiger partial charge in [-0.05, 0) is 44.9 Å². The maximum Gasteiger partial charge on any atom is 0.408 e. The molecule has 0 bridgehead atoms. The minimum atomic E-state index is -1.31. The van der Waals surface area contributed by atoms with Crippen molar-refractivity contribution < 1.29 is 38.4 Å². The van der Waals surface area contributed by atoms with E-state index in [-0.39, 0.29) is 6.42 Å². The van der Waals surface area contributed by atoms with E-state index in [1.54, 1.807) is 39.0 Å². The third-order valence-electron chi connectivity index (χ3n) is 4.42. The zero-order valence-electron chi connectivity index (χ0n) is 20.2. The number of methoxy groups -OCH3 is 2. The third-order valence-corrected chi connectivity index (χ3v) is 4.42. The van der Waals surface area contributed by atoms with E-state index in [0.717, 1.165) is 12.8 Å². The van der Waals surface area contributed by atoms with Crippen molar-refractivity contribution in [2.24, 2.45) is 0 Å². The van der Waals surface area contributed by atoms with Crippen LogP contribution < -0.4 is 20.1 Å². The Morgan fingerprint density at radius 3 is 2.30 bits per heavy atom. The monoisotopic (exact) mass is 468 g/mol. The maximum absolute atomic E-state index is 12.6. The van der Waals surface area contributed by atoms with Crippen LogP contribution in [0.25, 0.3) is 0 Å². The number of benzene rings is 1. The number of aliphatic hydroxyl groups excluding tert-OH is 1. The number of esters is 1. The van der Waals surface area contributed by atoms with Crippen LogP contribution in [0.5, 0.6) is 11.5 Å². The standard InChI is InChI=1S/C23H36N2O8/c1-7-8-11-32-19-13-15(9-10-18(19)30-5)12-16(21(28)31-6)24-20(27)17(14-26)25-22(29)33-23(2,3)4/h9-10,13,16-17,26H,7-8,11-12,14H2,1-6H3,(H,24,27)(H,25,29)/t16-,17-/m0/s1. The first-order chi connectivity index (χ1) is 15.5. The van der Waals surface area contributed by atoms with Crippen LogP contribution in [0.15, 0.2) is 18.2 Å². The normalized spacial score (nSPS) is 12.8. The van der Waals surface area contributed by atoms with Gasteiger partial charge in [0.2, 0.25) is 5.91 Å². The van der Waals surface area contributed by atoms with Crippen molar-refractivity contribution in [2.45, 2.75) is 64.6 Å². The van der Waals surface area contributed by atoms with Crippen LogP contribution in [0.1, 0.15) is 46.1 Å². The number of aliphatic hydroxyl groups is 1. The molecule has 0 aliphatic rings. The van der Waals surface area contributed by atoms with Crippen molar-refractivity contribution in [1.29, 1.82) is 0 Å².